The van der Waals surface area contributed by atoms with E-state index in [9.17, 15) is 4.79 Å². The van der Waals surface area contributed by atoms with Crippen LogP contribution in [0.3, 0.4) is 0 Å². The molecule has 0 aliphatic rings. The van der Waals surface area contributed by atoms with Crippen molar-refractivity contribution in [2.75, 3.05) is 23.4 Å². The van der Waals surface area contributed by atoms with Crippen LogP contribution in [0.25, 0.3) is 0 Å². The minimum Gasteiger partial charge on any atom is -0.396 e. The van der Waals surface area contributed by atoms with Gasteiger partial charge in [0.05, 0.1) is 17.6 Å². The second-order valence-corrected chi connectivity index (χ2v) is 2.75. The Labute approximate surface area is 76.3 Å². The summed E-state index contributed by atoms with van der Waals surface area (Å²) in [4.78, 5) is 16.3. The Morgan fingerprint density at radius 3 is 2.62 bits per heavy atom. The van der Waals surface area contributed by atoms with Crippen molar-refractivity contribution in [2.45, 2.75) is 6.92 Å². The molecule has 1 heterocycles. The van der Waals surface area contributed by atoms with Crippen LogP contribution < -0.4 is 16.4 Å². The average Bonchev–Trinajstić information content (AvgIpc) is 2.08. The highest BCUT2D eigenvalue weighted by Gasteiger charge is 2.06. The van der Waals surface area contributed by atoms with Crippen molar-refractivity contribution in [1.29, 1.82) is 0 Å². The number of nitrogens with two attached hydrogens (primary N) is 2. The smallest absolute Gasteiger partial charge is 0.223 e. The summed E-state index contributed by atoms with van der Waals surface area (Å²) in [7, 11) is 1.65. The second kappa shape index (κ2) is 3.30. The summed E-state index contributed by atoms with van der Waals surface area (Å²) in [6.45, 7) is 1.46. The van der Waals surface area contributed by atoms with Crippen LogP contribution in [0.15, 0.2) is 12.3 Å². The number of carbonyl (C=O) groups excluding carboxylic acids is 1. The highest BCUT2D eigenvalue weighted by molar-refractivity contribution is 5.91. The van der Waals surface area contributed by atoms with Gasteiger partial charge in [0.25, 0.3) is 0 Å². The van der Waals surface area contributed by atoms with E-state index in [2.05, 4.69) is 4.98 Å². The molecule has 0 saturated carbocycles. The third-order valence-electron chi connectivity index (χ3n) is 1.79. The fraction of sp³-hybridized carbons (Fsp3) is 0.250. The molecular weight excluding hydrogens is 168 g/mol. The minimum atomic E-state index is -0.0778. The first-order valence-electron chi connectivity index (χ1n) is 3.77. The fourth-order valence-corrected chi connectivity index (χ4v) is 0.846. The molecule has 4 N–H and O–H groups in total. The van der Waals surface area contributed by atoms with Crippen LogP contribution >= 0.6 is 0 Å². The Kier molecular flexibility index (Phi) is 2.36. The van der Waals surface area contributed by atoms with E-state index in [1.165, 1.54) is 18.0 Å². The topological polar surface area (TPSA) is 85.2 Å². The summed E-state index contributed by atoms with van der Waals surface area (Å²) < 4.78 is 0. The first kappa shape index (κ1) is 9.31. The Morgan fingerprint density at radius 1 is 1.54 bits per heavy atom. The van der Waals surface area contributed by atoms with E-state index in [-0.39, 0.29) is 11.7 Å². The molecule has 0 atom stereocenters. The molecule has 0 unspecified atom stereocenters. The third-order valence-corrected chi connectivity index (χ3v) is 1.79. The maximum Gasteiger partial charge on any atom is 0.223 e. The number of hydrogen-bond donors (Lipinski definition) is 2. The van der Waals surface area contributed by atoms with Crippen molar-refractivity contribution in [3.8, 4) is 0 Å². The highest BCUT2D eigenvalue weighted by Crippen LogP contribution is 2.19. The summed E-state index contributed by atoms with van der Waals surface area (Å²) in [5.74, 6) is 0.201. The van der Waals surface area contributed by atoms with E-state index in [0.29, 0.717) is 11.4 Å². The van der Waals surface area contributed by atoms with Crippen LogP contribution in [-0.4, -0.2) is 17.9 Å². The Balaban J connectivity index is 3.03. The van der Waals surface area contributed by atoms with Crippen molar-refractivity contribution in [3.63, 3.8) is 0 Å². The number of pyridine rings is 1. The molecule has 0 fully saturated rings. The number of anilines is 3. The van der Waals surface area contributed by atoms with Gasteiger partial charge in [-0.2, -0.15) is 0 Å². The van der Waals surface area contributed by atoms with Crippen molar-refractivity contribution >= 4 is 23.1 Å². The molecule has 5 nitrogen and oxygen atoms in total. The fourth-order valence-electron chi connectivity index (χ4n) is 0.846. The molecule has 0 radical (unpaired) electrons. The summed E-state index contributed by atoms with van der Waals surface area (Å²) in [5, 5.41) is 0. The molecule has 5 heteroatoms. The summed E-state index contributed by atoms with van der Waals surface area (Å²) in [6.07, 6.45) is 1.51. The average molecular weight is 180 g/mol. The van der Waals surface area contributed by atoms with Crippen LogP contribution in [0.2, 0.25) is 0 Å². The largest absolute Gasteiger partial charge is 0.396 e. The van der Waals surface area contributed by atoms with E-state index in [1.807, 2.05) is 0 Å². The zero-order valence-electron chi connectivity index (χ0n) is 7.61. The predicted octanol–water partition coefficient (Wildman–Crippen LogP) is 0.229. The monoisotopic (exact) mass is 180 g/mol. The first-order chi connectivity index (χ1) is 6.02. The summed E-state index contributed by atoms with van der Waals surface area (Å²) >= 11 is 0. The SMILES string of the molecule is CC(=O)N(C)c1cnc(N)c(N)c1. The van der Waals surface area contributed by atoms with Crippen molar-refractivity contribution in [1.82, 2.24) is 4.98 Å². The Bertz CT molecular complexity index is 337. The maximum atomic E-state index is 11.0. The zero-order valence-corrected chi connectivity index (χ0v) is 7.61. The van der Waals surface area contributed by atoms with E-state index in [0.717, 1.165) is 0 Å². The Morgan fingerprint density at radius 2 is 2.15 bits per heavy atom. The van der Waals surface area contributed by atoms with Crippen LogP contribution in [0, 0.1) is 0 Å². The van der Waals surface area contributed by atoms with Gasteiger partial charge < -0.3 is 16.4 Å². The van der Waals surface area contributed by atoms with Gasteiger partial charge in [-0.1, -0.05) is 0 Å². The molecule has 0 saturated heterocycles. The van der Waals surface area contributed by atoms with Crippen LogP contribution in [0.5, 0.6) is 0 Å². The lowest BCUT2D eigenvalue weighted by Crippen LogP contribution is -2.23. The lowest BCUT2D eigenvalue weighted by Gasteiger charge is -2.14. The molecule has 1 aromatic rings. The van der Waals surface area contributed by atoms with E-state index < -0.39 is 0 Å². The van der Waals surface area contributed by atoms with Gasteiger partial charge in [-0.25, -0.2) is 4.98 Å². The highest BCUT2D eigenvalue weighted by atomic mass is 16.2. The standard InChI is InChI=1S/C8H12N4O/c1-5(13)12(2)6-3-7(9)8(10)11-4-6/h3-4H,9H2,1-2H3,(H2,10,11). The Hall–Kier alpha value is -1.78. The summed E-state index contributed by atoms with van der Waals surface area (Å²) in [6, 6.07) is 1.61. The molecule has 70 valence electrons. The molecule has 0 aliphatic heterocycles. The molecule has 0 spiro atoms. The number of nitrogen functional groups attached to an aromatic ring is 2. The molecule has 0 aromatic carbocycles. The second-order valence-electron chi connectivity index (χ2n) is 2.75. The van der Waals surface area contributed by atoms with Gasteiger partial charge >= 0.3 is 0 Å². The number of hydrogen-bond acceptors (Lipinski definition) is 4. The number of rotatable bonds is 1. The molecular formula is C8H12N4O. The van der Waals surface area contributed by atoms with Crippen LogP contribution in [0.1, 0.15) is 6.92 Å². The summed E-state index contributed by atoms with van der Waals surface area (Å²) in [5.41, 5.74) is 12.0. The van der Waals surface area contributed by atoms with Gasteiger partial charge in [-0.15, -0.1) is 0 Å². The predicted molar refractivity (Wildman–Crippen MR) is 52.1 cm³/mol. The third kappa shape index (κ3) is 1.87. The van der Waals surface area contributed by atoms with Crippen molar-refractivity contribution < 1.29 is 4.79 Å². The maximum absolute atomic E-state index is 11.0. The number of nitrogens with zero attached hydrogens (tertiary/aromatic N) is 2. The van der Waals surface area contributed by atoms with Gasteiger partial charge in [0.15, 0.2) is 0 Å². The molecule has 13 heavy (non-hydrogen) atoms. The zero-order chi connectivity index (χ0) is 10.0. The molecule has 0 aliphatic carbocycles. The molecule has 1 amide bonds. The van der Waals surface area contributed by atoms with Crippen LogP contribution in [0.4, 0.5) is 17.2 Å². The van der Waals surface area contributed by atoms with E-state index in [4.69, 9.17) is 11.5 Å². The molecule has 1 aromatic heterocycles. The lowest BCUT2D eigenvalue weighted by molar-refractivity contribution is -0.116. The quantitative estimate of drug-likeness (QED) is 0.647. The molecule has 0 bridgehead atoms. The van der Waals surface area contributed by atoms with Crippen molar-refractivity contribution in [2.24, 2.45) is 0 Å². The number of amides is 1. The van der Waals surface area contributed by atoms with Crippen molar-refractivity contribution in [3.05, 3.63) is 12.3 Å². The lowest BCUT2D eigenvalue weighted by atomic mass is 10.3. The van der Waals surface area contributed by atoms with Gasteiger partial charge in [0.2, 0.25) is 5.91 Å². The number of aromatic nitrogens is 1. The van der Waals surface area contributed by atoms with E-state index in [1.54, 1.807) is 13.1 Å². The van der Waals surface area contributed by atoms with Crippen LogP contribution in [-0.2, 0) is 4.79 Å². The van der Waals surface area contributed by atoms with Gasteiger partial charge in [0, 0.05) is 14.0 Å². The van der Waals surface area contributed by atoms with Gasteiger partial charge in [0.1, 0.15) is 5.82 Å². The van der Waals surface area contributed by atoms with E-state index >= 15 is 0 Å². The first-order valence-corrected chi connectivity index (χ1v) is 3.77. The normalized spacial score (nSPS) is 9.69. The minimum absolute atomic E-state index is 0.0778. The van der Waals surface area contributed by atoms with Gasteiger partial charge in [-0.05, 0) is 6.07 Å². The number of carbonyl (C=O) groups is 1. The molecule has 1 rings (SSSR count). The van der Waals surface area contributed by atoms with Gasteiger partial charge in [-0.3, -0.25) is 4.79 Å².